The van der Waals surface area contributed by atoms with Crippen molar-refractivity contribution >= 4 is 17.0 Å². The lowest BCUT2D eigenvalue weighted by atomic mass is 9.90. The number of aromatic hydroxyl groups is 2. The van der Waals surface area contributed by atoms with Crippen LogP contribution < -0.4 is 0 Å². The molecule has 96 valence electrons. The summed E-state index contributed by atoms with van der Waals surface area (Å²) in [7, 11) is 0. The van der Waals surface area contributed by atoms with E-state index in [2.05, 4.69) is 11.8 Å². The summed E-state index contributed by atoms with van der Waals surface area (Å²) in [6, 6.07) is 5.19. The zero-order valence-corrected chi connectivity index (χ0v) is 11.8. The normalized spacial score (nSPS) is 20.9. The van der Waals surface area contributed by atoms with Gasteiger partial charge in [0.1, 0.15) is 0 Å². The van der Waals surface area contributed by atoms with Crippen LogP contribution in [0.5, 0.6) is 11.5 Å². The van der Waals surface area contributed by atoms with E-state index in [0.29, 0.717) is 5.92 Å². The molecule has 3 nitrogen and oxygen atoms in total. The quantitative estimate of drug-likeness (QED) is 0.826. The molecule has 17 heavy (non-hydrogen) atoms. The van der Waals surface area contributed by atoms with Crippen molar-refractivity contribution < 1.29 is 10.2 Å². The van der Waals surface area contributed by atoms with Crippen LogP contribution in [0.15, 0.2) is 18.2 Å². The molecule has 0 spiro atoms. The molecule has 0 aromatic heterocycles. The third-order valence-corrected chi connectivity index (χ3v) is 3.42. The highest BCUT2D eigenvalue weighted by molar-refractivity contribution is 8.93. The number of nitrogens with zero attached hydrogens (tertiary/aromatic N) is 1. The van der Waals surface area contributed by atoms with E-state index in [1.165, 1.54) is 19.4 Å². The van der Waals surface area contributed by atoms with Crippen LogP contribution in [0.25, 0.3) is 0 Å². The Morgan fingerprint density at radius 1 is 1.29 bits per heavy atom. The third-order valence-electron chi connectivity index (χ3n) is 3.42. The molecule has 0 aliphatic carbocycles. The van der Waals surface area contributed by atoms with Crippen LogP contribution in [0.3, 0.4) is 0 Å². The molecule has 1 saturated heterocycles. The van der Waals surface area contributed by atoms with E-state index in [4.69, 9.17) is 0 Å². The van der Waals surface area contributed by atoms with E-state index in [0.717, 1.165) is 18.7 Å². The zero-order valence-electron chi connectivity index (χ0n) is 10.1. The van der Waals surface area contributed by atoms with Crippen LogP contribution in [0.4, 0.5) is 0 Å². The Hall–Kier alpha value is -0.740. The number of hydrogen-bond donors (Lipinski definition) is 2. The highest BCUT2D eigenvalue weighted by atomic mass is 79.9. The number of benzene rings is 1. The lowest BCUT2D eigenvalue weighted by Crippen LogP contribution is -2.34. The third kappa shape index (κ3) is 3.36. The van der Waals surface area contributed by atoms with Gasteiger partial charge in [-0.05, 0) is 49.5 Å². The molecule has 1 aliphatic rings. The molecular weight excluding hydrogens is 282 g/mol. The molecule has 4 heteroatoms. The Balaban J connectivity index is 0.00000144. The van der Waals surface area contributed by atoms with Crippen LogP contribution in [0, 0.1) is 0 Å². The maximum atomic E-state index is 9.49. The van der Waals surface area contributed by atoms with Crippen LogP contribution >= 0.6 is 17.0 Å². The number of halogens is 1. The lowest BCUT2D eigenvalue weighted by molar-refractivity contribution is 0.217. The molecule has 0 bridgehead atoms. The Bertz CT molecular complexity index is 370. The van der Waals surface area contributed by atoms with Gasteiger partial charge in [0.2, 0.25) is 0 Å². The molecular formula is C13H20BrNO2. The maximum Gasteiger partial charge on any atom is 0.157 e. The minimum absolute atomic E-state index is 0. The van der Waals surface area contributed by atoms with Gasteiger partial charge in [0, 0.05) is 6.54 Å². The summed E-state index contributed by atoms with van der Waals surface area (Å²) in [5.74, 6) is 0.443. The minimum Gasteiger partial charge on any atom is -0.504 e. The average molecular weight is 302 g/mol. The minimum atomic E-state index is -0.0353. The van der Waals surface area contributed by atoms with Crippen molar-refractivity contribution in [3.05, 3.63) is 23.8 Å². The summed E-state index contributed by atoms with van der Waals surface area (Å²) in [5, 5.41) is 18.8. The second-order valence-corrected chi connectivity index (χ2v) is 4.48. The van der Waals surface area contributed by atoms with Gasteiger partial charge in [0.05, 0.1) is 0 Å². The summed E-state index contributed by atoms with van der Waals surface area (Å²) in [6.45, 7) is 5.50. The zero-order chi connectivity index (χ0) is 11.5. The van der Waals surface area contributed by atoms with Gasteiger partial charge < -0.3 is 15.1 Å². The van der Waals surface area contributed by atoms with Gasteiger partial charge in [0.15, 0.2) is 11.5 Å². The number of rotatable bonds is 2. The molecule has 1 aliphatic heterocycles. The number of piperidine rings is 1. The van der Waals surface area contributed by atoms with Crippen molar-refractivity contribution in [3.8, 4) is 11.5 Å². The first-order valence-electron chi connectivity index (χ1n) is 5.95. The van der Waals surface area contributed by atoms with Crippen molar-refractivity contribution in [2.75, 3.05) is 19.6 Å². The summed E-state index contributed by atoms with van der Waals surface area (Å²) < 4.78 is 0. The van der Waals surface area contributed by atoms with E-state index < -0.39 is 0 Å². The molecule has 0 amide bonds. The molecule has 2 rings (SSSR count). The smallest absolute Gasteiger partial charge is 0.157 e. The van der Waals surface area contributed by atoms with E-state index in [1.807, 2.05) is 6.07 Å². The number of likely N-dealkylation sites (N-methyl/N-ethyl adjacent to an activating group) is 1. The fourth-order valence-corrected chi connectivity index (χ4v) is 2.41. The van der Waals surface area contributed by atoms with Crippen molar-refractivity contribution in [1.82, 2.24) is 4.90 Å². The fourth-order valence-electron chi connectivity index (χ4n) is 2.41. The van der Waals surface area contributed by atoms with Crippen molar-refractivity contribution in [2.24, 2.45) is 0 Å². The highest BCUT2D eigenvalue weighted by Crippen LogP contribution is 2.32. The molecule has 2 N–H and O–H groups in total. The Morgan fingerprint density at radius 2 is 2.06 bits per heavy atom. The summed E-state index contributed by atoms with van der Waals surface area (Å²) in [5.41, 5.74) is 1.13. The molecule has 1 atom stereocenters. The Kier molecular flexibility index (Phi) is 5.28. The van der Waals surface area contributed by atoms with Gasteiger partial charge in [-0.1, -0.05) is 13.0 Å². The van der Waals surface area contributed by atoms with Crippen LogP contribution in [0.2, 0.25) is 0 Å². The van der Waals surface area contributed by atoms with E-state index in [9.17, 15) is 10.2 Å². The number of phenols is 2. The molecule has 1 unspecified atom stereocenters. The van der Waals surface area contributed by atoms with Gasteiger partial charge >= 0.3 is 0 Å². The maximum absolute atomic E-state index is 9.49. The first kappa shape index (κ1) is 14.3. The van der Waals surface area contributed by atoms with Gasteiger partial charge in [-0.2, -0.15) is 0 Å². The predicted octanol–water partition coefficient (Wildman–Crippen LogP) is 2.88. The second kappa shape index (κ2) is 6.26. The monoisotopic (exact) mass is 301 g/mol. The molecule has 0 saturated carbocycles. The number of hydrogen-bond acceptors (Lipinski definition) is 3. The first-order valence-corrected chi connectivity index (χ1v) is 5.95. The average Bonchev–Trinajstić information content (AvgIpc) is 2.33. The summed E-state index contributed by atoms with van der Waals surface area (Å²) >= 11 is 0. The van der Waals surface area contributed by atoms with Crippen LogP contribution in [-0.4, -0.2) is 34.7 Å². The van der Waals surface area contributed by atoms with Gasteiger partial charge in [-0.3, -0.25) is 0 Å². The lowest BCUT2D eigenvalue weighted by Gasteiger charge is -2.32. The van der Waals surface area contributed by atoms with Gasteiger partial charge in [-0.25, -0.2) is 0 Å². The van der Waals surface area contributed by atoms with Crippen LogP contribution in [0.1, 0.15) is 31.2 Å². The largest absolute Gasteiger partial charge is 0.504 e. The Labute approximate surface area is 113 Å². The van der Waals surface area contributed by atoms with Crippen molar-refractivity contribution in [3.63, 3.8) is 0 Å². The fraction of sp³-hybridized carbons (Fsp3) is 0.538. The topological polar surface area (TPSA) is 43.7 Å². The van der Waals surface area contributed by atoms with E-state index >= 15 is 0 Å². The van der Waals surface area contributed by atoms with Crippen LogP contribution in [-0.2, 0) is 0 Å². The van der Waals surface area contributed by atoms with Gasteiger partial charge in [0.25, 0.3) is 0 Å². The van der Waals surface area contributed by atoms with Gasteiger partial charge in [-0.15, -0.1) is 17.0 Å². The van der Waals surface area contributed by atoms with Crippen molar-refractivity contribution in [2.45, 2.75) is 25.7 Å². The first-order chi connectivity index (χ1) is 7.70. The van der Waals surface area contributed by atoms with E-state index in [1.54, 1.807) is 12.1 Å². The summed E-state index contributed by atoms with van der Waals surface area (Å²) in [6.07, 6.45) is 2.38. The molecule has 1 aromatic rings. The molecule has 1 aromatic carbocycles. The summed E-state index contributed by atoms with van der Waals surface area (Å²) in [4.78, 5) is 2.43. The SMILES string of the molecule is Br.CCN1CCCC(c2ccc(O)c(O)c2)C1. The van der Waals surface area contributed by atoms with Crippen molar-refractivity contribution in [1.29, 1.82) is 0 Å². The Morgan fingerprint density at radius 3 is 2.71 bits per heavy atom. The number of likely N-dealkylation sites (tertiary alicyclic amines) is 1. The molecule has 0 radical (unpaired) electrons. The standard InChI is InChI=1S/C13H19NO2.BrH/c1-2-14-7-3-4-11(9-14)10-5-6-12(15)13(16)8-10;/h5-6,8,11,15-16H,2-4,7,9H2,1H3;1H. The molecule has 1 heterocycles. The second-order valence-electron chi connectivity index (χ2n) is 4.48. The highest BCUT2D eigenvalue weighted by Gasteiger charge is 2.20. The van der Waals surface area contributed by atoms with E-state index in [-0.39, 0.29) is 28.5 Å². The molecule has 1 fully saturated rings. The predicted molar refractivity (Wildman–Crippen MR) is 74.2 cm³/mol. The number of phenolic OH excluding ortho intramolecular Hbond substituents is 2.